The first-order valence-corrected chi connectivity index (χ1v) is 4.88. The topological polar surface area (TPSA) is 27.0 Å². The van der Waals surface area contributed by atoms with Crippen molar-refractivity contribution in [2.45, 2.75) is 32.4 Å². The van der Waals surface area contributed by atoms with Crippen molar-refractivity contribution in [1.82, 2.24) is 4.90 Å². The molecule has 1 heterocycles. The summed E-state index contributed by atoms with van der Waals surface area (Å²) in [6.45, 7) is 6.77. The lowest BCUT2D eigenvalue weighted by Crippen LogP contribution is -2.42. The average molecular weight is 184 g/mol. The largest absolute Gasteiger partial charge is 0.303 e. The summed E-state index contributed by atoms with van der Waals surface area (Å²) in [5, 5.41) is 8.57. The zero-order valence-electron chi connectivity index (χ0n) is 8.39. The highest BCUT2D eigenvalue weighted by Crippen LogP contribution is 2.25. The van der Waals surface area contributed by atoms with Gasteiger partial charge in [0.1, 0.15) is 6.07 Å². The quantitative estimate of drug-likeness (QED) is 0.656. The van der Waals surface area contributed by atoms with Gasteiger partial charge in [0, 0.05) is 32.5 Å². The molecule has 0 N–H and O–H groups in total. The van der Waals surface area contributed by atoms with Gasteiger partial charge in [-0.3, -0.25) is 0 Å². The van der Waals surface area contributed by atoms with Gasteiger partial charge in [0.25, 0.3) is 0 Å². The molecular weight excluding hydrogens is 167 g/mol. The van der Waals surface area contributed by atoms with Crippen LogP contribution >= 0.6 is 0 Å². The van der Waals surface area contributed by atoms with Gasteiger partial charge in [0.15, 0.2) is 5.67 Å². The molecule has 0 aromatic rings. The Hall–Kier alpha value is -0.620. The van der Waals surface area contributed by atoms with Crippen molar-refractivity contribution in [3.05, 3.63) is 0 Å². The van der Waals surface area contributed by atoms with Crippen LogP contribution in [-0.4, -0.2) is 30.2 Å². The zero-order valence-corrected chi connectivity index (χ0v) is 8.39. The molecular formula is C10H17FN2. The Bertz CT molecular complexity index is 199. The second-order valence-corrected chi connectivity index (χ2v) is 4.27. The molecule has 0 spiro atoms. The van der Waals surface area contributed by atoms with Crippen molar-refractivity contribution in [1.29, 1.82) is 5.26 Å². The van der Waals surface area contributed by atoms with Crippen LogP contribution in [0.4, 0.5) is 4.39 Å². The van der Waals surface area contributed by atoms with E-state index in [4.69, 9.17) is 5.26 Å². The fourth-order valence-electron chi connectivity index (χ4n) is 1.72. The van der Waals surface area contributed by atoms with E-state index in [0.717, 1.165) is 19.6 Å². The predicted octanol–water partition coefficient (Wildman–Crippen LogP) is 1.97. The van der Waals surface area contributed by atoms with Gasteiger partial charge >= 0.3 is 0 Å². The summed E-state index contributed by atoms with van der Waals surface area (Å²) in [5.74, 6) is 0.620. The molecule has 0 radical (unpaired) electrons. The summed E-state index contributed by atoms with van der Waals surface area (Å²) in [6, 6.07) is 1.76. The van der Waals surface area contributed by atoms with Crippen LogP contribution in [0.2, 0.25) is 0 Å². The van der Waals surface area contributed by atoms with Gasteiger partial charge in [-0.2, -0.15) is 5.26 Å². The second-order valence-electron chi connectivity index (χ2n) is 4.27. The minimum absolute atomic E-state index is 0.371. The lowest BCUT2D eigenvalue weighted by atomic mass is 9.94. The van der Waals surface area contributed by atoms with Crippen LogP contribution in [0.15, 0.2) is 0 Å². The summed E-state index contributed by atoms with van der Waals surface area (Å²) < 4.78 is 13.4. The van der Waals surface area contributed by atoms with E-state index in [1.807, 2.05) is 0 Å². The SMILES string of the molecule is CC(C)CN1CCC(F)(C#N)CC1. The van der Waals surface area contributed by atoms with Crippen molar-refractivity contribution in [3.63, 3.8) is 0 Å². The Labute approximate surface area is 79.3 Å². The fourth-order valence-corrected chi connectivity index (χ4v) is 1.72. The number of rotatable bonds is 2. The third kappa shape index (κ3) is 2.96. The molecule has 0 amide bonds. The molecule has 3 heteroatoms. The first-order chi connectivity index (χ1) is 6.06. The molecule has 1 rings (SSSR count). The van der Waals surface area contributed by atoms with Gasteiger partial charge < -0.3 is 4.90 Å². The number of hydrogen-bond acceptors (Lipinski definition) is 2. The van der Waals surface area contributed by atoms with Crippen LogP contribution in [0.5, 0.6) is 0 Å². The average Bonchev–Trinajstić information content (AvgIpc) is 2.09. The van der Waals surface area contributed by atoms with Crippen LogP contribution < -0.4 is 0 Å². The maximum absolute atomic E-state index is 13.4. The number of hydrogen-bond donors (Lipinski definition) is 0. The number of likely N-dealkylation sites (tertiary alicyclic amines) is 1. The number of piperidine rings is 1. The van der Waals surface area contributed by atoms with Crippen molar-refractivity contribution in [3.8, 4) is 6.07 Å². The molecule has 74 valence electrons. The van der Waals surface area contributed by atoms with E-state index in [-0.39, 0.29) is 0 Å². The summed E-state index contributed by atoms with van der Waals surface area (Å²) in [5.41, 5.74) is -1.55. The van der Waals surface area contributed by atoms with E-state index in [9.17, 15) is 4.39 Å². The summed E-state index contributed by atoms with van der Waals surface area (Å²) in [4.78, 5) is 2.24. The first kappa shape index (κ1) is 10.5. The van der Waals surface area contributed by atoms with Crippen LogP contribution in [0.25, 0.3) is 0 Å². The van der Waals surface area contributed by atoms with Gasteiger partial charge in [-0.1, -0.05) is 13.8 Å². The molecule has 0 aliphatic carbocycles. The fraction of sp³-hybridized carbons (Fsp3) is 0.900. The molecule has 13 heavy (non-hydrogen) atoms. The van der Waals surface area contributed by atoms with Gasteiger partial charge in [-0.25, -0.2) is 4.39 Å². The molecule has 0 bridgehead atoms. The third-order valence-electron chi connectivity index (χ3n) is 2.47. The highest BCUT2D eigenvalue weighted by molar-refractivity contribution is 5.03. The minimum atomic E-state index is -1.55. The molecule has 1 saturated heterocycles. The summed E-state index contributed by atoms with van der Waals surface area (Å²) >= 11 is 0. The lowest BCUT2D eigenvalue weighted by Gasteiger charge is -2.33. The number of halogens is 1. The number of nitriles is 1. The molecule has 1 aliphatic heterocycles. The second kappa shape index (κ2) is 4.06. The molecule has 0 unspecified atom stereocenters. The van der Waals surface area contributed by atoms with E-state index in [0.29, 0.717) is 18.8 Å². The maximum atomic E-state index is 13.4. The highest BCUT2D eigenvalue weighted by atomic mass is 19.1. The minimum Gasteiger partial charge on any atom is -0.303 e. The van der Waals surface area contributed by atoms with E-state index in [2.05, 4.69) is 18.7 Å². The van der Waals surface area contributed by atoms with Crippen molar-refractivity contribution in [2.24, 2.45) is 5.92 Å². The Morgan fingerprint density at radius 1 is 1.46 bits per heavy atom. The molecule has 1 fully saturated rings. The molecule has 1 aliphatic rings. The standard InChI is InChI=1S/C10H17FN2/c1-9(2)7-13-5-3-10(11,8-12)4-6-13/h9H,3-7H2,1-2H3. The molecule has 2 nitrogen and oxygen atoms in total. The number of alkyl halides is 1. The summed E-state index contributed by atoms with van der Waals surface area (Å²) in [7, 11) is 0. The van der Waals surface area contributed by atoms with Crippen molar-refractivity contribution in [2.75, 3.05) is 19.6 Å². The van der Waals surface area contributed by atoms with Crippen molar-refractivity contribution >= 4 is 0 Å². The van der Waals surface area contributed by atoms with Gasteiger partial charge in [0.2, 0.25) is 0 Å². The van der Waals surface area contributed by atoms with E-state index >= 15 is 0 Å². The first-order valence-electron chi connectivity index (χ1n) is 4.88. The van der Waals surface area contributed by atoms with Crippen LogP contribution in [0.1, 0.15) is 26.7 Å². The lowest BCUT2D eigenvalue weighted by molar-refractivity contribution is 0.0953. The normalized spacial score (nSPS) is 23.0. The zero-order chi connectivity index (χ0) is 9.90. The smallest absolute Gasteiger partial charge is 0.198 e. The van der Waals surface area contributed by atoms with Crippen LogP contribution in [-0.2, 0) is 0 Å². The molecule has 0 aromatic carbocycles. The van der Waals surface area contributed by atoms with Crippen LogP contribution in [0, 0.1) is 17.2 Å². The van der Waals surface area contributed by atoms with Crippen molar-refractivity contribution < 1.29 is 4.39 Å². The van der Waals surface area contributed by atoms with Gasteiger partial charge in [-0.15, -0.1) is 0 Å². The van der Waals surface area contributed by atoms with E-state index in [1.165, 1.54) is 0 Å². The Kier molecular flexibility index (Phi) is 3.27. The van der Waals surface area contributed by atoms with Gasteiger partial charge in [-0.05, 0) is 5.92 Å². The molecule has 0 atom stereocenters. The van der Waals surface area contributed by atoms with E-state index in [1.54, 1.807) is 6.07 Å². The monoisotopic (exact) mass is 184 g/mol. The predicted molar refractivity (Wildman–Crippen MR) is 50.0 cm³/mol. The molecule has 0 saturated carbocycles. The molecule has 0 aromatic heterocycles. The third-order valence-corrected chi connectivity index (χ3v) is 2.47. The Balaban J connectivity index is 2.36. The van der Waals surface area contributed by atoms with Crippen LogP contribution in [0.3, 0.4) is 0 Å². The Morgan fingerprint density at radius 3 is 2.38 bits per heavy atom. The van der Waals surface area contributed by atoms with Gasteiger partial charge in [0.05, 0.1) is 0 Å². The Morgan fingerprint density at radius 2 is 2.00 bits per heavy atom. The number of nitrogens with zero attached hydrogens (tertiary/aromatic N) is 2. The highest BCUT2D eigenvalue weighted by Gasteiger charge is 2.34. The maximum Gasteiger partial charge on any atom is 0.198 e. The van der Waals surface area contributed by atoms with E-state index < -0.39 is 5.67 Å². The summed E-state index contributed by atoms with van der Waals surface area (Å²) in [6.07, 6.45) is 0.743.